The Morgan fingerprint density at radius 3 is 2.86 bits per heavy atom. The van der Waals surface area contributed by atoms with Crippen molar-refractivity contribution in [1.82, 2.24) is 0 Å². The molecule has 2 N–H and O–H groups in total. The minimum absolute atomic E-state index is 0.223. The number of phenols is 1. The van der Waals surface area contributed by atoms with Gasteiger partial charge in [-0.1, -0.05) is 12.1 Å². The SMILES string of the molecule is O=CNc1cccc2cc(O)ccc12. The van der Waals surface area contributed by atoms with Gasteiger partial charge in [0.1, 0.15) is 5.75 Å². The lowest BCUT2D eigenvalue weighted by Crippen LogP contribution is -1.93. The van der Waals surface area contributed by atoms with E-state index in [-0.39, 0.29) is 5.75 Å². The fourth-order valence-electron chi connectivity index (χ4n) is 1.46. The van der Waals surface area contributed by atoms with Crippen LogP contribution in [0.3, 0.4) is 0 Å². The van der Waals surface area contributed by atoms with E-state index >= 15 is 0 Å². The zero-order valence-corrected chi connectivity index (χ0v) is 7.40. The molecule has 0 unspecified atom stereocenters. The van der Waals surface area contributed by atoms with Crippen molar-refractivity contribution in [3.05, 3.63) is 36.4 Å². The Bertz CT molecular complexity index is 480. The maximum Gasteiger partial charge on any atom is 0.211 e. The molecule has 0 saturated carbocycles. The summed E-state index contributed by atoms with van der Waals surface area (Å²) in [6.45, 7) is 0. The van der Waals surface area contributed by atoms with Gasteiger partial charge in [0.05, 0.1) is 0 Å². The molecule has 0 aliphatic heterocycles. The molecule has 0 bridgehead atoms. The number of hydrogen-bond acceptors (Lipinski definition) is 2. The van der Waals surface area contributed by atoms with Crippen LogP contribution in [-0.4, -0.2) is 11.5 Å². The number of fused-ring (bicyclic) bond motifs is 1. The molecule has 70 valence electrons. The van der Waals surface area contributed by atoms with Gasteiger partial charge >= 0.3 is 0 Å². The van der Waals surface area contributed by atoms with Gasteiger partial charge in [-0.3, -0.25) is 4.79 Å². The number of rotatable bonds is 2. The number of amides is 1. The Hall–Kier alpha value is -2.03. The lowest BCUT2D eigenvalue weighted by Gasteiger charge is -2.04. The molecule has 14 heavy (non-hydrogen) atoms. The molecular weight excluding hydrogens is 178 g/mol. The highest BCUT2D eigenvalue weighted by molar-refractivity contribution is 5.97. The largest absolute Gasteiger partial charge is 0.508 e. The maximum atomic E-state index is 10.3. The van der Waals surface area contributed by atoms with Gasteiger partial charge in [-0.25, -0.2) is 0 Å². The second-order valence-corrected chi connectivity index (χ2v) is 2.97. The van der Waals surface area contributed by atoms with Gasteiger partial charge in [-0.2, -0.15) is 0 Å². The van der Waals surface area contributed by atoms with Gasteiger partial charge in [-0.05, 0) is 29.7 Å². The molecule has 3 heteroatoms. The van der Waals surface area contributed by atoms with Crippen LogP contribution >= 0.6 is 0 Å². The van der Waals surface area contributed by atoms with Crippen LogP contribution in [0.25, 0.3) is 10.8 Å². The molecule has 0 heterocycles. The van der Waals surface area contributed by atoms with E-state index in [9.17, 15) is 9.90 Å². The Morgan fingerprint density at radius 2 is 2.07 bits per heavy atom. The predicted octanol–water partition coefficient (Wildman–Crippen LogP) is 2.11. The first kappa shape index (κ1) is 8.56. The molecular formula is C11H9NO2. The van der Waals surface area contributed by atoms with Crippen molar-refractivity contribution in [3.8, 4) is 5.75 Å². The number of aromatic hydroxyl groups is 1. The summed E-state index contributed by atoms with van der Waals surface area (Å²) in [6.07, 6.45) is 0.641. The quantitative estimate of drug-likeness (QED) is 0.707. The van der Waals surface area contributed by atoms with Crippen molar-refractivity contribution in [3.63, 3.8) is 0 Å². The van der Waals surface area contributed by atoms with E-state index in [1.165, 1.54) is 0 Å². The number of carbonyl (C=O) groups is 1. The van der Waals surface area contributed by atoms with Gasteiger partial charge in [0.25, 0.3) is 0 Å². The summed E-state index contributed by atoms with van der Waals surface area (Å²) in [5.74, 6) is 0.223. The summed E-state index contributed by atoms with van der Waals surface area (Å²) in [5.41, 5.74) is 0.748. The first-order valence-corrected chi connectivity index (χ1v) is 4.23. The number of benzene rings is 2. The standard InChI is InChI=1S/C11H9NO2/c13-7-12-11-3-1-2-8-6-9(14)4-5-10(8)11/h1-7,14H,(H,12,13). The summed E-state index contributed by atoms with van der Waals surface area (Å²) in [4.78, 5) is 10.3. The minimum atomic E-state index is 0.223. The number of phenolic OH excluding ortho intramolecular Hbond substituents is 1. The van der Waals surface area contributed by atoms with Crippen molar-refractivity contribution in [2.24, 2.45) is 0 Å². The molecule has 0 atom stereocenters. The lowest BCUT2D eigenvalue weighted by molar-refractivity contribution is -0.105. The molecule has 2 rings (SSSR count). The smallest absolute Gasteiger partial charge is 0.211 e. The van der Waals surface area contributed by atoms with E-state index in [4.69, 9.17) is 0 Å². The number of carbonyl (C=O) groups excluding carboxylic acids is 1. The highest BCUT2D eigenvalue weighted by Gasteiger charge is 1.99. The predicted molar refractivity (Wildman–Crippen MR) is 55.3 cm³/mol. The van der Waals surface area contributed by atoms with Gasteiger partial charge in [0.15, 0.2) is 0 Å². The van der Waals surface area contributed by atoms with Gasteiger partial charge < -0.3 is 10.4 Å². The maximum absolute atomic E-state index is 10.3. The Labute approximate surface area is 81.0 Å². The molecule has 0 radical (unpaired) electrons. The first-order chi connectivity index (χ1) is 6.81. The Balaban J connectivity index is 2.68. The van der Waals surface area contributed by atoms with Crippen LogP contribution in [0, 0.1) is 0 Å². The third-order valence-corrected chi connectivity index (χ3v) is 2.08. The van der Waals surface area contributed by atoms with Crippen molar-refractivity contribution in [2.75, 3.05) is 5.32 Å². The van der Waals surface area contributed by atoms with Gasteiger partial charge in [0.2, 0.25) is 6.41 Å². The van der Waals surface area contributed by atoms with Gasteiger partial charge in [-0.15, -0.1) is 0 Å². The summed E-state index contributed by atoms with van der Waals surface area (Å²) >= 11 is 0. The topological polar surface area (TPSA) is 49.3 Å². The number of nitrogens with one attached hydrogen (secondary N) is 1. The fraction of sp³-hybridized carbons (Fsp3) is 0. The van der Waals surface area contributed by atoms with E-state index in [1.807, 2.05) is 18.2 Å². The summed E-state index contributed by atoms with van der Waals surface area (Å²) < 4.78 is 0. The van der Waals surface area contributed by atoms with E-state index < -0.39 is 0 Å². The van der Waals surface area contributed by atoms with Crippen LogP contribution in [0.4, 0.5) is 5.69 Å². The normalized spacial score (nSPS) is 10.0. The van der Waals surface area contributed by atoms with Gasteiger partial charge in [0, 0.05) is 11.1 Å². The minimum Gasteiger partial charge on any atom is -0.508 e. The molecule has 1 amide bonds. The molecule has 0 aromatic heterocycles. The summed E-state index contributed by atoms with van der Waals surface area (Å²) in [6, 6.07) is 10.5. The molecule has 3 nitrogen and oxygen atoms in total. The van der Waals surface area contributed by atoms with Crippen LogP contribution in [0.2, 0.25) is 0 Å². The first-order valence-electron chi connectivity index (χ1n) is 4.23. The molecule has 2 aromatic rings. The molecule has 0 aliphatic carbocycles. The number of hydrogen-bond donors (Lipinski definition) is 2. The van der Waals surface area contributed by atoms with Crippen molar-refractivity contribution in [2.45, 2.75) is 0 Å². The average molecular weight is 187 g/mol. The van der Waals surface area contributed by atoms with E-state index in [0.717, 1.165) is 16.5 Å². The zero-order chi connectivity index (χ0) is 9.97. The second kappa shape index (κ2) is 3.38. The lowest BCUT2D eigenvalue weighted by atomic mass is 10.1. The molecule has 2 aromatic carbocycles. The summed E-state index contributed by atoms with van der Waals surface area (Å²) in [5, 5.41) is 13.7. The van der Waals surface area contributed by atoms with Crippen LogP contribution in [0.15, 0.2) is 36.4 Å². The Morgan fingerprint density at radius 1 is 1.21 bits per heavy atom. The van der Waals surface area contributed by atoms with Crippen LogP contribution in [0.1, 0.15) is 0 Å². The summed E-state index contributed by atoms with van der Waals surface area (Å²) in [7, 11) is 0. The van der Waals surface area contributed by atoms with Crippen LogP contribution < -0.4 is 5.32 Å². The van der Waals surface area contributed by atoms with Crippen molar-refractivity contribution >= 4 is 22.9 Å². The molecule has 0 spiro atoms. The Kier molecular flexibility index (Phi) is 2.07. The second-order valence-electron chi connectivity index (χ2n) is 2.97. The molecule has 0 aliphatic rings. The third kappa shape index (κ3) is 1.40. The van der Waals surface area contributed by atoms with Crippen molar-refractivity contribution in [1.29, 1.82) is 0 Å². The van der Waals surface area contributed by atoms with E-state index in [2.05, 4.69) is 5.32 Å². The zero-order valence-electron chi connectivity index (χ0n) is 7.40. The fourth-order valence-corrected chi connectivity index (χ4v) is 1.46. The average Bonchev–Trinajstić information content (AvgIpc) is 2.18. The van der Waals surface area contributed by atoms with E-state index in [1.54, 1.807) is 18.2 Å². The van der Waals surface area contributed by atoms with E-state index in [0.29, 0.717) is 6.41 Å². The number of anilines is 1. The van der Waals surface area contributed by atoms with Crippen LogP contribution in [0.5, 0.6) is 5.75 Å². The highest BCUT2D eigenvalue weighted by atomic mass is 16.3. The van der Waals surface area contributed by atoms with Crippen LogP contribution in [-0.2, 0) is 4.79 Å². The molecule has 0 saturated heterocycles. The molecule has 0 fully saturated rings. The monoisotopic (exact) mass is 187 g/mol. The third-order valence-electron chi connectivity index (χ3n) is 2.08. The van der Waals surface area contributed by atoms with Crippen molar-refractivity contribution < 1.29 is 9.90 Å². The highest BCUT2D eigenvalue weighted by Crippen LogP contribution is 2.25.